The van der Waals surface area contributed by atoms with Crippen LogP contribution in [-0.2, 0) is 24.3 Å². The van der Waals surface area contributed by atoms with Crippen LogP contribution in [0.4, 0.5) is 11.4 Å². The fraction of sp³-hybridized carbons (Fsp3) is 0.308. The molecule has 2 aliphatic rings. The molecule has 5 rings (SSSR count). The molecule has 2 aliphatic heterocycles. The van der Waals surface area contributed by atoms with E-state index in [0.29, 0.717) is 13.0 Å². The number of carbonyl (C=O) groups is 1. The first-order valence-corrected chi connectivity index (χ1v) is 11.6. The summed E-state index contributed by atoms with van der Waals surface area (Å²) in [4.78, 5) is 33.2. The van der Waals surface area contributed by atoms with E-state index in [1.807, 2.05) is 36.4 Å². The Hall–Kier alpha value is -3.78. The van der Waals surface area contributed by atoms with Gasteiger partial charge in [-0.15, -0.1) is 0 Å². The lowest BCUT2D eigenvalue weighted by Gasteiger charge is -2.49. The molecule has 0 aliphatic carbocycles. The molecule has 8 heteroatoms. The predicted octanol–water partition coefficient (Wildman–Crippen LogP) is 3.17. The second kappa shape index (κ2) is 9.61. The zero-order chi connectivity index (χ0) is 23.5. The number of pyridine rings is 1. The summed E-state index contributed by atoms with van der Waals surface area (Å²) in [6, 6.07) is 19.2. The molecule has 0 radical (unpaired) electrons. The van der Waals surface area contributed by atoms with Gasteiger partial charge in [-0.2, -0.15) is 0 Å². The molecule has 1 N–H and O–H groups in total. The molecule has 0 spiro atoms. The number of piperazine rings is 1. The van der Waals surface area contributed by atoms with Crippen LogP contribution >= 0.6 is 0 Å². The van der Waals surface area contributed by atoms with Crippen molar-refractivity contribution in [1.29, 1.82) is 0 Å². The van der Waals surface area contributed by atoms with E-state index in [4.69, 9.17) is 0 Å². The highest BCUT2D eigenvalue weighted by Crippen LogP contribution is 2.38. The first-order chi connectivity index (χ1) is 16.6. The smallest absolute Gasteiger partial charge is 0.269 e. The van der Waals surface area contributed by atoms with Gasteiger partial charge in [0.2, 0.25) is 5.91 Å². The number of nitro groups is 1. The third-order valence-corrected chi connectivity index (χ3v) is 6.77. The Morgan fingerprint density at radius 2 is 1.91 bits per heavy atom. The van der Waals surface area contributed by atoms with Crippen molar-refractivity contribution in [3.8, 4) is 0 Å². The van der Waals surface area contributed by atoms with E-state index in [1.54, 1.807) is 24.5 Å². The zero-order valence-electron chi connectivity index (χ0n) is 18.8. The number of rotatable bonds is 6. The quantitative estimate of drug-likeness (QED) is 0.452. The van der Waals surface area contributed by atoms with Crippen molar-refractivity contribution < 1.29 is 9.72 Å². The van der Waals surface area contributed by atoms with Crippen LogP contribution in [0.25, 0.3) is 0 Å². The second-order valence-electron chi connectivity index (χ2n) is 8.94. The SMILES string of the molecule is O=C(NCc1cccnc1)C1Cc2cc([N+](=O)[O-])ccc2N2CCN(Cc3ccccc3)CC12. The first kappa shape index (κ1) is 22.0. The van der Waals surface area contributed by atoms with Crippen LogP contribution in [0.15, 0.2) is 73.1 Å². The molecule has 2 atom stereocenters. The number of aromatic nitrogens is 1. The Kier molecular flexibility index (Phi) is 6.22. The standard InChI is InChI=1S/C26H27N5O3/c32-26(28-16-20-7-4-10-27-15-20)23-14-21-13-22(31(33)34)8-9-24(21)30-12-11-29(18-25(23)30)17-19-5-2-1-3-6-19/h1-10,13,15,23,25H,11-12,14,16-18H2,(H,28,32). The van der Waals surface area contributed by atoms with E-state index in [1.165, 1.54) is 5.56 Å². The molecule has 1 aromatic heterocycles. The van der Waals surface area contributed by atoms with E-state index in [9.17, 15) is 14.9 Å². The van der Waals surface area contributed by atoms with Gasteiger partial charge in [-0.25, -0.2) is 0 Å². The summed E-state index contributed by atoms with van der Waals surface area (Å²) in [7, 11) is 0. The molecular formula is C26H27N5O3. The molecule has 2 aromatic carbocycles. The number of hydrogen-bond acceptors (Lipinski definition) is 6. The van der Waals surface area contributed by atoms with Crippen LogP contribution in [0, 0.1) is 16.0 Å². The second-order valence-corrected chi connectivity index (χ2v) is 8.94. The fourth-order valence-corrected chi connectivity index (χ4v) is 5.09. The van der Waals surface area contributed by atoms with E-state index in [-0.39, 0.29) is 28.5 Å². The monoisotopic (exact) mass is 457 g/mol. The Morgan fingerprint density at radius 1 is 1.09 bits per heavy atom. The number of non-ortho nitro benzene ring substituents is 1. The highest BCUT2D eigenvalue weighted by atomic mass is 16.6. The number of hydrogen-bond donors (Lipinski definition) is 1. The van der Waals surface area contributed by atoms with Crippen LogP contribution < -0.4 is 10.2 Å². The van der Waals surface area contributed by atoms with Gasteiger partial charge in [-0.05, 0) is 35.2 Å². The Balaban J connectivity index is 1.39. The maximum Gasteiger partial charge on any atom is 0.269 e. The topological polar surface area (TPSA) is 91.6 Å². The molecule has 1 amide bonds. The van der Waals surface area contributed by atoms with Crippen molar-refractivity contribution in [2.24, 2.45) is 5.92 Å². The number of anilines is 1. The summed E-state index contributed by atoms with van der Waals surface area (Å²) in [5, 5.41) is 14.4. The lowest BCUT2D eigenvalue weighted by Crippen LogP contribution is -2.60. The van der Waals surface area contributed by atoms with Gasteiger partial charge in [-0.1, -0.05) is 36.4 Å². The van der Waals surface area contributed by atoms with Crippen molar-refractivity contribution in [2.75, 3.05) is 24.5 Å². The summed E-state index contributed by atoms with van der Waals surface area (Å²) in [6.07, 6.45) is 3.93. The summed E-state index contributed by atoms with van der Waals surface area (Å²) in [5.74, 6) is -0.331. The van der Waals surface area contributed by atoms with E-state index in [2.05, 4.69) is 32.2 Å². The van der Waals surface area contributed by atoms with E-state index >= 15 is 0 Å². The van der Waals surface area contributed by atoms with Crippen LogP contribution in [0.5, 0.6) is 0 Å². The summed E-state index contributed by atoms with van der Waals surface area (Å²) >= 11 is 0. The number of amides is 1. The minimum atomic E-state index is -0.373. The molecular weight excluding hydrogens is 430 g/mol. The number of benzene rings is 2. The van der Waals surface area contributed by atoms with Crippen molar-refractivity contribution in [3.63, 3.8) is 0 Å². The molecule has 3 aromatic rings. The van der Waals surface area contributed by atoms with Crippen molar-refractivity contribution in [2.45, 2.75) is 25.6 Å². The predicted molar refractivity (Wildman–Crippen MR) is 129 cm³/mol. The molecule has 34 heavy (non-hydrogen) atoms. The van der Waals surface area contributed by atoms with Crippen molar-refractivity contribution in [1.82, 2.24) is 15.2 Å². The van der Waals surface area contributed by atoms with Gasteiger partial charge in [0.1, 0.15) is 0 Å². The number of nitrogens with one attached hydrogen (secondary N) is 1. The molecule has 1 fully saturated rings. The summed E-state index contributed by atoms with van der Waals surface area (Å²) < 4.78 is 0. The Bertz CT molecular complexity index is 1170. The van der Waals surface area contributed by atoms with Gasteiger partial charge in [0.15, 0.2) is 0 Å². The minimum absolute atomic E-state index is 0.000293. The van der Waals surface area contributed by atoms with Crippen molar-refractivity contribution >= 4 is 17.3 Å². The van der Waals surface area contributed by atoms with Crippen molar-refractivity contribution in [3.05, 3.63) is 99.9 Å². The Labute approximate surface area is 198 Å². The summed E-state index contributed by atoms with van der Waals surface area (Å²) in [5.41, 5.74) is 4.12. The first-order valence-electron chi connectivity index (χ1n) is 11.6. The molecule has 3 heterocycles. The third-order valence-electron chi connectivity index (χ3n) is 6.77. The van der Waals surface area contributed by atoms with E-state index < -0.39 is 0 Å². The molecule has 174 valence electrons. The number of carbonyl (C=O) groups excluding carboxylic acids is 1. The van der Waals surface area contributed by atoms with Gasteiger partial charge < -0.3 is 10.2 Å². The normalized spacial score (nSPS) is 19.7. The van der Waals surface area contributed by atoms with Gasteiger partial charge >= 0.3 is 0 Å². The van der Waals surface area contributed by atoms with Crippen LogP contribution in [0.2, 0.25) is 0 Å². The zero-order valence-corrected chi connectivity index (χ0v) is 18.8. The lowest BCUT2D eigenvalue weighted by atomic mass is 9.83. The lowest BCUT2D eigenvalue weighted by molar-refractivity contribution is -0.384. The molecule has 1 saturated heterocycles. The fourth-order valence-electron chi connectivity index (χ4n) is 5.09. The highest BCUT2D eigenvalue weighted by molar-refractivity contribution is 5.82. The average Bonchev–Trinajstić information content (AvgIpc) is 2.87. The molecule has 8 nitrogen and oxygen atoms in total. The van der Waals surface area contributed by atoms with Crippen LogP contribution in [0.3, 0.4) is 0 Å². The molecule has 0 saturated carbocycles. The molecule has 2 unspecified atom stereocenters. The van der Waals surface area contributed by atoms with Crippen LogP contribution in [0.1, 0.15) is 16.7 Å². The highest BCUT2D eigenvalue weighted by Gasteiger charge is 2.41. The summed E-state index contributed by atoms with van der Waals surface area (Å²) in [6.45, 7) is 3.64. The number of nitrogens with zero attached hydrogens (tertiary/aromatic N) is 4. The maximum absolute atomic E-state index is 13.4. The van der Waals surface area contributed by atoms with E-state index in [0.717, 1.165) is 43.0 Å². The maximum atomic E-state index is 13.4. The van der Waals surface area contributed by atoms with Gasteiger partial charge in [0.25, 0.3) is 5.69 Å². The number of fused-ring (bicyclic) bond motifs is 3. The molecule has 0 bridgehead atoms. The minimum Gasteiger partial charge on any atom is -0.365 e. The average molecular weight is 458 g/mol. The largest absolute Gasteiger partial charge is 0.365 e. The Morgan fingerprint density at radius 3 is 2.68 bits per heavy atom. The van der Waals surface area contributed by atoms with Crippen LogP contribution in [-0.4, -0.2) is 46.4 Å². The number of nitro benzene ring substituents is 1. The third kappa shape index (κ3) is 4.63. The van der Waals surface area contributed by atoms with Gasteiger partial charge in [0.05, 0.1) is 16.9 Å². The van der Waals surface area contributed by atoms with Gasteiger partial charge in [0, 0.05) is 62.9 Å². The van der Waals surface area contributed by atoms with Gasteiger partial charge in [-0.3, -0.25) is 24.8 Å².